The van der Waals surface area contributed by atoms with Gasteiger partial charge >= 0.3 is 5.69 Å². The van der Waals surface area contributed by atoms with E-state index < -0.39 is 4.92 Å². The minimum Gasteiger partial charge on any atom is -0.497 e. The van der Waals surface area contributed by atoms with Crippen LogP contribution in [-0.4, -0.2) is 22.0 Å². The highest BCUT2D eigenvalue weighted by atomic mass is 35.5. The Bertz CT molecular complexity index is 980. The predicted molar refractivity (Wildman–Crippen MR) is 105 cm³/mol. The molecule has 0 unspecified atom stereocenters. The zero-order valence-corrected chi connectivity index (χ0v) is 15.5. The van der Waals surface area contributed by atoms with Gasteiger partial charge in [-0.05, 0) is 30.3 Å². The van der Waals surface area contributed by atoms with E-state index in [4.69, 9.17) is 27.9 Å². The number of nitrogens with zero attached hydrogens (tertiary/aromatic N) is 3. The Labute approximate surface area is 164 Å². The number of hydrogen-bond donors (Lipinski definition) is 2. The first-order valence-electron chi connectivity index (χ1n) is 7.60. The van der Waals surface area contributed by atoms with E-state index in [-0.39, 0.29) is 17.3 Å². The highest BCUT2D eigenvalue weighted by Gasteiger charge is 2.23. The standard InChI is InChI=1S/C17H13Cl2N5O3/c1-27-14-4-2-3-12(8-14)22-16-15(24(25)26)17(21-9-20-16)23-13-6-10(18)5-11(19)7-13/h2-9H,1H3,(H2,20,21,22,23). The van der Waals surface area contributed by atoms with Crippen molar-refractivity contribution in [3.8, 4) is 5.75 Å². The van der Waals surface area contributed by atoms with Crippen LogP contribution in [0.3, 0.4) is 0 Å². The summed E-state index contributed by atoms with van der Waals surface area (Å²) >= 11 is 11.9. The van der Waals surface area contributed by atoms with Crippen molar-refractivity contribution >= 4 is 51.9 Å². The normalized spacial score (nSPS) is 10.3. The molecule has 0 aliphatic rings. The lowest BCUT2D eigenvalue weighted by atomic mass is 10.3. The SMILES string of the molecule is COc1cccc(Nc2ncnc(Nc3cc(Cl)cc(Cl)c3)c2[N+](=O)[O-])c1. The van der Waals surface area contributed by atoms with Crippen molar-refractivity contribution in [2.75, 3.05) is 17.7 Å². The molecule has 8 nitrogen and oxygen atoms in total. The van der Waals surface area contributed by atoms with E-state index >= 15 is 0 Å². The third kappa shape index (κ3) is 4.55. The number of benzene rings is 2. The Morgan fingerprint density at radius 3 is 2.22 bits per heavy atom. The first-order chi connectivity index (χ1) is 13.0. The fraction of sp³-hybridized carbons (Fsp3) is 0.0588. The summed E-state index contributed by atoms with van der Waals surface area (Å²) in [7, 11) is 1.53. The molecule has 10 heteroatoms. The summed E-state index contributed by atoms with van der Waals surface area (Å²) in [5, 5.41) is 18.2. The van der Waals surface area contributed by atoms with Crippen molar-refractivity contribution in [3.05, 3.63) is 69.0 Å². The molecule has 1 aromatic heterocycles. The van der Waals surface area contributed by atoms with Gasteiger partial charge in [-0.1, -0.05) is 29.3 Å². The van der Waals surface area contributed by atoms with E-state index in [0.29, 0.717) is 27.2 Å². The van der Waals surface area contributed by atoms with Gasteiger partial charge in [-0.3, -0.25) is 10.1 Å². The van der Waals surface area contributed by atoms with Crippen LogP contribution in [0.1, 0.15) is 0 Å². The summed E-state index contributed by atoms with van der Waals surface area (Å²) in [6.07, 6.45) is 1.21. The number of rotatable bonds is 6. The van der Waals surface area contributed by atoms with Crippen LogP contribution in [0.2, 0.25) is 10.0 Å². The van der Waals surface area contributed by atoms with Gasteiger partial charge in [0.15, 0.2) is 0 Å². The minimum atomic E-state index is -0.572. The molecule has 138 valence electrons. The molecule has 3 aromatic rings. The van der Waals surface area contributed by atoms with Crippen molar-refractivity contribution in [1.29, 1.82) is 0 Å². The molecule has 0 saturated heterocycles. The van der Waals surface area contributed by atoms with Gasteiger partial charge in [0.05, 0.1) is 12.0 Å². The number of nitrogens with one attached hydrogen (secondary N) is 2. The summed E-state index contributed by atoms with van der Waals surface area (Å²) < 4.78 is 5.15. The molecule has 1 heterocycles. The Kier molecular flexibility index (Phi) is 5.58. The maximum Gasteiger partial charge on any atom is 0.353 e. The van der Waals surface area contributed by atoms with Gasteiger partial charge in [0.25, 0.3) is 0 Å². The van der Waals surface area contributed by atoms with Crippen molar-refractivity contribution in [1.82, 2.24) is 9.97 Å². The highest BCUT2D eigenvalue weighted by molar-refractivity contribution is 6.35. The molecule has 0 bridgehead atoms. The van der Waals surface area contributed by atoms with Crippen LogP contribution >= 0.6 is 23.2 Å². The van der Waals surface area contributed by atoms with Crippen molar-refractivity contribution < 1.29 is 9.66 Å². The Balaban J connectivity index is 1.98. The van der Waals surface area contributed by atoms with Crippen LogP contribution in [0, 0.1) is 10.1 Å². The summed E-state index contributed by atoms with van der Waals surface area (Å²) in [5.74, 6) is 0.626. The van der Waals surface area contributed by atoms with Crippen LogP contribution in [0.5, 0.6) is 5.75 Å². The first-order valence-corrected chi connectivity index (χ1v) is 8.35. The minimum absolute atomic E-state index is 0.00118. The molecule has 0 spiro atoms. The molecule has 2 aromatic carbocycles. The van der Waals surface area contributed by atoms with Crippen molar-refractivity contribution in [2.24, 2.45) is 0 Å². The molecule has 0 aliphatic heterocycles. The Morgan fingerprint density at radius 1 is 1.00 bits per heavy atom. The molecule has 3 rings (SSSR count). The first kappa shape index (κ1) is 18.7. The summed E-state index contributed by atoms with van der Waals surface area (Å²) in [6.45, 7) is 0. The third-order valence-electron chi connectivity index (χ3n) is 3.46. The zero-order chi connectivity index (χ0) is 19.4. The smallest absolute Gasteiger partial charge is 0.353 e. The average Bonchev–Trinajstić information content (AvgIpc) is 2.61. The van der Waals surface area contributed by atoms with E-state index in [1.807, 2.05) is 0 Å². The van der Waals surface area contributed by atoms with E-state index in [2.05, 4.69) is 20.6 Å². The lowest BCUT2D eigenvalue weighted by molar-refractivity contribution is -0.383. The molecule has 27 heavy (non-hydrogen) atoms. The Hall–Kier alpha value is -3.10. The molecular weight excluding hydrogens is 393 g/mol. The van der Waals surface area contributed by atoms with E-state index in [0.717, 1.165) is 0 Å². The lowest BCUT2D eigenvalue weighted by Gasteiger charge is -2.11. The Morgan fingerprint density at radius 2 is 1.63 bits per heavy atom. The van der Waals surface area contributed by atoms with Crippen LogP contribution in [0.15, 0.2) is 48.8 Å². The number of hydrogen-bond acceptors (Lipinski definition) is 7. The van der Waals surface area contributed by atoms with Crippen molar-refractivity contribution in [2.45, 2.75) is 0 Å². The summed E-state index contributed by atoms with van der Waals surface area (Å²) in [5.41, 5.74) is 0.714. The lowest BCUT2D eigenvalue weighted by Crippen LogP contribution is -2.05. The third-order valence-corrected chi connectivity index (χ3v) is 3.90. The molecular formula is C17H13Cl2N5O3. The number of aromatic nitrogens is 2. The van der Waals surface area contributed by atoms with E-state index in [9.17, 15) is 10.1 Å². The predicted octanol–water partition coefficient (Wildman–Crippen LogP) is 5.19. The van der Waals surface area contributed by atoms with Crippen LogP contribution in [-0.2, 0) is 0 Å². The number of anilines is 4. The van der Waals surface area contributed by atoms with Gasteiger partial charge in [-0.15, -0.1) is 0 Å². The quantitative estimate of drug-likeness (QED) is 0.429. The van der Waals surface area contributed by atoms with Crippen LogP contribution in [0.4, 0.5) is 28.7 Å². The molecule has 0 atom stereocenters. The largest absolute Gasteiger partial charge is 0.497 e. The number of nitro groups is 1. The molecule has 0 saturated carbocycles. The van der Waals surface area contributed by atoms with Gasteiger partial charge in [-0.25, -0.2) is 9.97 Å². The van der Waals surface area contributed by atoms with Crippen LogP contribution in [0.25, 0.3) is 0 Å². The number of halogens is 2. The fourth-order valence-corrected chi connectivity index (χ4v) is 2.86. The van der Waals surface area contributed by atoms with E-state index in [1.165, 1.54) is 13.4 Å². The van der Waals surface area contributed by atoms with Crippen LogP contribution < -0.4 is 15.4 Å². The van der Waals surface area contributed by atoms with Gasteiger partial charge in [0.2, 0.25) is 11.6 Å². The number of methoxy groups -OCH3 is 1. The van der Waals surface area contributed by atoms with Crippen molar-refractivity contribution in [3.63, 3.8) is 0 Å². The molecule has 2 N–H and O–H groups in total. The van der Waals surface area contributed by atoms with Gasteiger partial charge in [0, 0.05) is 27.5 Å². The fourth-order valence-electron chi connectivity index (χ4n) is 2.33. The summed E-state index contributed by atoms with van der Waals surface area (Å²) in [4.78, 5) is 19.0. The van der Waals surface area contributed by atoms with Gasteiger partial charge < -0.3 is 15.4 Å². The molecule has 0 radical (unpaired) electrons. The zero-order valence-electron chi connectivity index (χ0n) is 13.9. The highest BCUT2D eigenvalue weighted by Crippen LogP contribution is 2.34. The second-order valence-corrected chi connectivity index (χ2v) is 6.19. The second-order valence-electron chi connectivity index (χ2n) is 5.32. The summed E-state index contributed by atoms with van der Waals surface area (Å²) in [6, 6.07) is 11.6. The monoisotopic (exact) mass is 405 g/mol. The maximum absolute atomic E-state index is 11.6. The van der Waals surface area contributed by atoms with Gasteiger partial charge in [0.1, 0.15) is 12.1 Å². The molecule has 0 fully saturated rings. The molecule has 0 aliphatic carbocycles. The average molecular weight is 406 g/mol. The second kappa shape index (κ2) is 8.07. The van der Waals surface area contributed by atoms with Gasteiger partial charge in [-0.2, -0.15) is 0 Å². The topological polar surface area (TPSA) is 102 Å². The number of ether oxygens (including phenoxy) is 1. The maximum atomic E-state index is 11.6. The molecule has 0 amide bonds. The van der Waals surface area contributed by atoms with E-state index in [1.54, 1.807) is 42.5 Å².